The van der Waals surface area contributed by atoms with Crippen molar-refractivity contribution in [1.82, 2.24) is 0 Å². The SMILES string of the molecule is CCCCC=CCCCCCCCC(=O)OCCCCCCCCCCCCCCCCCCCCCCCCCCCCCCCCCC(C)C. The lowest BCUT2D eigenvalue weighted by Gasteiger charge is -2.06. The van der Waals surface area contributed by atoms with Gasteiger partial charge in [0.15, 0.2) is 0 Å². The first-order chi connectivity index (χ1) is 25.7. The summed E-state index contributed by atoms with van der Waals surface area (Å²) < 4.78 is 5.45. The molecule has 0 spiro atoms. The van der Waals surface area contributed by atoms with Gasteiger partial charge in [-0.05, 0) is 38.0 Å². The lowest BCUT2D eigenvalue weighted by atomic mass is 10.0. The molecule has 0 aliphatic heterocycles. The summed E-state index contributed by atoms with van der Waals surface area (Å²) in [6, 6.07) is 0. The molecule has 52 heavy (non-hydrogen) atoms. The van der Waals surface area contributed by atoms with E-state index in [0.29, 0.717) is 13.0 Å². The quantitative estimate of drug-likeness (QED) is 0.0354. The van der Waals surface area contributed by atoms with Crippen LogP contribution in [0.3, 0.4) is 0 Å². The van der Waals surface area contributed by atoms with Gasteiger partial charge in [0, 0.05) is 6.42 Å². The van der Waals surface area contributed by atoms with Crippen LogP contribution in [0.4, 0.5) is 0 Å². The maximum Gasteiger partial charge on any atom is 0.305 e. The summed E-state index contributed by atoms with van der Waals surface area (Å²) in [4.78, 5) is 11.9. The van der Waals surface area contributed by atoms with E-state index in [0.717, 1.165) is 25.2 Å². The first-order valence-corrected chi connectivity index (χ1v) is 24.5. The van der Waals surface area contributed by atoms with Gasteiger partial charge in [-0.1, -0.05) is 264 Å². The third-order valence-corrected chi connectivity index (χ3v) is 11.3. The molecule has 0 aliphatic rings. The number of allylic oxidation sites excluding steroid dienone is 2. The third-order valence-electron chi connectivity index (χ3n) is 11.3. The Bertz CT molecular complexity index is 682. The van der Waals surface area contributed by atoms with E-state index in [2.05, 4.69) is 32.9 Å². The fourth-order valence-corrected chi connectivity index (χ4v) is 7.66. The highest BCUT2D eigenvalue weighted by atomic mass is 16.5. The van der Waals surface area contributed by atoms with Crippen LogP contribution in [0.5, 0.6) is 0 Å². The Kier molecular flexibility index (Phi) is 45.7. The van der Waals surface area contributed by atoms with Crippen molar-refractivity contribution >= 4 is 5.97 Å². The lowest BCUT2D eigenvalue weighted by Crippen LogP contribution is -2.05. The standard InChI is InChI=1S/C50H98O2/c1-4-5-6-7-8-9-31-35-38-41-44-47-50(51)52-48-45-42-39-36-33-30-28-26-24-22-20-18-16-14-12-10-11-13-15-17-19-21-23-25-27-29-32-34-37-40-43-46-49(2)3/h7-8,49H,4-6,9-48H2,1-3H3. The summed E-state index contributed by atoms with van der Waals surface area (Å²) in [5.41, 5.74) is 0. The zero-order valence-electron chi connectivity index (χ0n) is 36.5. The van der Waals surface area contributed by atoms with Crippen molar-refractivity contribution in [1.29, 1.82) is 0 Å². The van der Waals surface area contributed by atoms with Crippen molar-refractivity contribution in [2.75, 3.05) is 6.61 Å². The Balaban J connectivity index is 3.13. The molecule has 0 amide bonds. The van der Waals surface area contributed by atoms with Crippen LogP contribution >= 0.6 is 0 Å². The topological polar surface area (TPSA) is 26.3 Å². The average molecular weight is 731 g/mol. The van der Waals surface area contributed by atoms with E-state index in [1.165, 1.54) is 244 Å². The molecule has 310 valence electrons. The number of rotatable bonds is 45. The fourth-order valence-electron chi connectivity index (χ4n) is 7.66. The zero-order chi connectivity index (χ0) is 37.7. The maximum atomic E-state index is 11.9. The molecule has 0 aromatic heterocycles. The van der Waals surface area contributed by atoms with Crippen molar-refractivity contribution in [2.45, 2.75) is 290 Å². The first-order valence-electron chi connectivity index (χ1n) is 24.5. The van der Waals surface area contributed by atoms with Crippen LogP contribution in [0.2, 0.25) is 0 Å². The maximum absolute atomic E-state index is 11.9. The molecule has 0 aliphatic carbocycles. The fraction of sp³-hybridized carbons (Fsp3) is 0.940. The summed E-state index contributed by atoms with van der Waals surface area (Å²) in [5.74, 6) is 0.907. The Morgan fingerprint density at radius 3 is 1.02 bits per heavy atom. The van der Waals surface area contributed by atoms with Crippen LogP contribution in [0.15, 0.2) is 12.2 Å². The van der Waals surface area contributed by atoms with Crippen LogP contribution in [-0.2, 0) is 9.53 Å². The van der Waals surface area contributed by atoms with Crippen molar-refractivity contribution in [3.63, 3.8) is 0 Å². The highest BCUT2D eigenvalue weighted by Gasteiger charge is 2.03. The van der Waals surface area contributed by atoms with E-state index < -0.39 is 0 Å². The molecule has 0 N–H and O–H groups in total. The van der Waals surface area contributed by atoms with Crippen LogP contribution in [0, 0.1) is 5.92 Å². The number of hydrogen-bond acceptors (Lipinski definition) is 2. The highest BCUT2D eigenvalue weighted by molar-refractivity contribution is 5.69. The molecule has 0 radical (unpaired) electrons. The largest absolute Gasteiger partial charge is 0.466 e. The van der Waals surface area contributed by atoms with Crippen LogP contribution in [0.25, 0.3) is 0 Å². The summed E-state index contributed by atoms with van der Waals surface area (Å²) in [6.07, 6.45) is 62.1. The van der Waals surface area contributed by atoms with Gasteiger partial charge in [-0.2, -0.15) is 0 Å². The first kappa shape index (κ1) is 51.2. The van der Waals surface area contributed by atoms with E-state index in [4.69, 9.17) is 4.74 Å². The van der Waals surface area contributed by atoms with Crippen LogP contribution in [0.1, 0.15) is 290 Å². The van der Waals surface area contributed by atoms with Gasteiger partial charge in [0.05, 0.1) is 6.61 Å². The summed E-state index contributed by atoms with van der Waals surface area (Å²) >= 11 is 0. The van der Waals surface area contributed by atoms with E-state index in [1.54, 1.807) is 0 Å². The van der Waals surface area contributed by atoms with Gasteiger partial charge < -0.3 is 4.74 Å². The minimum absolute atomic E-state index is 0.0182. The molecule has 0 fully saturated rings. The van der Waals surface area contributed by atoms with E-state index in [-0.39, 0.29) is 5.97 Å². The minimum atomic E-state index is 0.0182. The van der Waals surface area contributed by atoms with Crippen molar-refractivity contribution in [2.24, 2.45) is 5.92 Å². The second-order valence-electron chi connectivity index (χ2n) is 17.3. The molecule has 0 unspecified atom stereocenters. The summed E-state index contributed by atoms with van der Waals surface area (Å²) in [7, 11) is 0. The predicted molar refractivity (Wildman–Crippen MR) is 235 cm³/mol. The normalized spacial score (nSPS) is 11.8. The molecular formula is C50H98O2. The molecule has 0 bridgehead atoms. The third kappa shape index (κ3) is 47.2. The Hall–Kier alpha value is -0.790. The Morgan fingerprint density at radius 2 is 0.673 bits per heavy atom. The van der Waals surface area contributed by atoms with Gasteiger partial charge in [-0.15, -0.1) is 0 Å². The van der Waals surface area contributed by atoms with Gasteiger partial charge >= 0.3 is 5.97 Å². The molecule has 0 aromatic rings. The van der Waals surface area contributed by atoms with Gasteiger partial charge in [0.1, 0.15) is 0 Å². The molecule has 0 heterocycles. The van der Waals surface area contributed by atoms with Crippen LogP contribution < -0.4 is 0 Å². The van der Waals surface area contributed by atoms with E-state index in [9.17, 15) is 4.79 Å². The van der Waals surface area contributed by atoms with Crippen LogP contribution in [-0.4, -0.2) is 12.6 Å². The molecule has 2 nitrogen and oxygen atoms in total. The highest BCUT2D eigenvalue weighted by Crippen LogP contribution is 2.17. The number of carbonyl (C=O) groups excluding carboxylic acids is 1. The number of unbranched alkanes of at least 4 members (excludes halogenated alkanes) is 37. The second-order valence-corrected chi connectivity index (χ2v) is 17.3. The van der Waals surface area contributed by atoms with Gasteiger partial charge in [0.2, 0.25) is 0 Å². The summed E-state index contributed by atoms with van der Waals surface area (Å²) in [5, 5.41) is 0. The molecule has 2 heteroatoms. The number of esters is 1. The molecule has 0 rings (SSSR count). The Labute approximate surface area is 329 Å². The van der Waals surface area contributed by atoms with Crippen molar-refractivity contribution in [3.05, 3.63) is 12.2 Å². The van der Waals surface area contributed by atoms with Gasteiger partial charge in [-0.3, -0.25) is 4.79 Å². The molecule has 0 atom stereocenters. The average Bonchev–Trinajstić information content (AvgIpc) is 3.13. The van der Waals surface area contributed by atoms with Crippen molar-refractivity contribution < 1.29 is 9.53 Å². The monoisotopic (exact) mass is 731 g/mol. The lowest BCUT2D eigenvalue weighted by molar-refractivity contribution is -0.143. The number of ether oxygens (including phenoxy) is 1. The zero-order valence-corrected chi connectivity index (χ0v) is 36.5. The smallest absolute Gasteiger partial charge is 0.305 e. The summed E-state index contributed by atoms with van der Waals surface area (Å²) in [6.45, 7) is 7.57. The number of hydrogen-bond donors (Lipinski definition) is 0. The number of carbonyl (C=O) groups is 1. The molecular weight excluding hydrogens is 633 g/mol. The predicted octanol–water partition coefficient (Wildman–Crippen LogP) is 18.1. The van der Waals surface area contributed by atoms with Crippen molar-refractivity contribution in [3.8, 4) is 0 Å². The van der Waals surface area contributed by atoms with Gasteiger partial charge in [-0.25, -0.2) is 0 Å². The second kappa shape index (κ2) is 46.4. The van der Waals surface area contributed by atoms with Gasteiger partial charge in [0.25, 0.3) is 0 Å². The minimum Gasteiger partial charge on any atom is -0.466 e. The Morgan fingerprint density at radius 1 is 0.385 bits per heavy atom. The van der Waals surface area contributed by atoms with E-state index in [1.807, 2.05) is 0 Å². The van der Waals surface area contributed by atoms with E-state index >= 15 is 0 Å². The molecule has 0 saturated heterocycles. The molecule has 0 aromatic carbocycles. The molecule has 0 saturated carbocycles.